The summed E-state index contributed by atoms with van der Waals surface area (Å²) in [4.78, 5) is 0. The fourth-order valence-corrected chi connectivity index (χ4v) is 2.02. The highest BCUT2D eigenvalue weighted by molar-refractivity contribution is 5.45. The Bertz CT molecular complexity index is 389. The molecule has 0 N–H and O–H groups in total. The second-order valence-electron chi connectivity index (χ2n) is 4.64. The number of benzene rings is 1. The van der Waals surface area contributed by atoms with Crippen LogP contribution < -0.4 is 9.47 Å². The summed E-state index contributed by atoms with van der Waals surface area (Å²) in [5, 5.41) is 0. The van der Waals surface area contributed by atoms with Crippen LogP contribution in [0.15, 0.2) is 18.2 Å². The van der Waals surface area contributed by atoms with Crippen molar-refractivity contribution in [2.45, 2.75) is 20.0 Å². The minimum atomic E-state index is 0.0506. The molecule has 1 aliphatic heterocycles. The van der Waals surface area contributed by atoms with E-state index in [0.29, 0.717) is 25.9 Å². The number of ether oxygens (including phenoxy) is 4. The normalized spacial score (nSPS) is 15.1. The van der Waals surface area contributed by atoms with Crippen molar-refractivity contribution in [3.05, 3.63) is 23.8 Å². The summed E-state index contributed by atoms with van der Waals surface area (Å²) < 4.78 is 21.6. The Kier molecular flexibility index (Phi) is 4.44. The van der Waals surface area contributed by atoms with Crippen LogP contribution >= 0.6 is 0 Å². The van der Waals surface area contributed by atoms with E-state index < -0.39 is 0 Å². The van der Waals surface area contributed by atoms with Crippen LogP contribution in [0.4, 0.5) is 0 Å². The maximum Gasteiger partial charge on any atom is 0.231 e. The van der Waals surface area contributed by atoms with Gasteiger partial charge in [0.1, 0.15) is 0 Å². The summed E-state index contributed by atoms with van der Waals surface area (Å²) in [7, 11) is 1.67. The average molecular weight is 252 g/mol. The molecule has 1 aliphatic rings. The molecule has 0 bridgehead atoms. The van der Waals surface area contributed by atoms with Gasteiger partial charge in [-0.3, -0.25) is 0 Å². The van der Waals surface area contributed by atoms with E-state index in [1.54, 1.807) is 7.11 Å². The van der Waals surface area contributed by atoms with Crippen molar-refractivity contribution in [2.24, 2.45) is 5.92 Å². The molecular weight excluding hydrogens is 232 g/mol. The zero-order chi connectivity index (χ0) is 13.0. The van der Waals surface area contributed by atoms with Crippen LogP contribution in [0.1, 0.15) is 25.5 Å². The van der Waals surface area contributed by atoms with Crippen molar-refractivity contribution in [2.75, 3.05) is 27.1 Å². The maximum atomic E-state index is 5.87. The predicted molar refractivity (Wildman–Crippen MR) is 68.0 cm³/mol. The van der Waals surface area contributed by atoms with E-state index in [9.17, 15) is 0 Å². The van der Waals surface area contributed by atoms with Gasteiger partial charge in [0, 0.05) is 7.11 Å². The van der Waals surface area contributed by atoms with Gasteiger partial charge in [-0.25, -0.2) is 0 Å². The van der Waals surface area contributed by atoms with E-state index >= 15 is 0 Å². The van der Waals surface area contributed by atoms with Crippen molar-refractivity contribution in [3.8, 4) is 11.5 Å². The van der Waals surface area contributed by atoms with E-state index in [4.69, 9.17) is 18.9 Å². The number of hydrogen-bond donors (Lipinski definition) is 0. The molecule has 0 amide bonds. The predicted octanol–water partition coefficient (Wildman–Crippen LogP) is 2.78. The smallest absolute Gasteiger partial charge is 0.231 e. The molecule has 0 spiro atoms. The van der Waals surface area contributed by atoms with E-state index in [-0.39, 0.29) is 6.10 Å². The second-order valence-corrected chi connectivity index (χ2v) is 4.64. The molecule has 1 aromatic rings. The summed E-state index contributed by atoms with van der Waals surface area (Å²) in [6.07, 6.45) is 0.0506. The van der Waals surface area contributed by atoms with Crippen molar-refractivity contribution in [1.29, 1.82) is 0 Å². The monoisotopic (exact) mass is 252 g/mol. The fourth-order valence-electron chi connectivity index (χ4n) is 2.02. The average Bonchev–Trinajstić information content (AvgIpc) is 2.81. The molecule has 0 saturated heterocycles. The largest absolute Gasteiger partial charge is 0.454 e. The summed E-state index contributed by atoms with van der Waals surface area (Å²) in [5.41, 5.74) is 1.12. The third-order valence-electron chi connectivity index (χ3n) is 2.92. The molecular formula is C14H20O4. The maximum absolute atomic E-state index is 5.87. The lowest BCUT2D eigenvalue weighted by Crippen LogP contribution is -2.14. The molecule has 1 unspecified atom stereocenters. The Balaban J connectivity index is 2.10. The zero-order valence-corrected chi connectivity index (χ0v) is 11.1. The van der Waals surface area contributed by atoms with Crippen LogP contribution in [-0.2, 0) is 9.47 Å². The van der Waals surface area contributed by atoms with Gasteiger partial charge in [-0.1, -0.05) is 19.9 Å². The quantitative estimate of drug-likeness (QED) is 0.729. The number of hydrogen-bond acceptors (Lipinski definition) is 4. The van der Waals surface area contributed by atoms with Crippen LogP contribution in [0.25, 0.3) is 0 Å². The van der Waals surface area contributed by atoms with Gasteiger partial charge >= 0.3 is 0 Å². The highest BCUT2D eigenvalue weighted by Gasteiger charge is 2.20. The van der Waals surface area contributed by atoms with Gasteiger partial charge in [-0.2, -0.15) is 0 Å². The first kappa shape index (κ1) is 13.2. The number of methoxy groups -OCH3 is 1. The molecule has 0 radical (unpaired) electrons. The summed E-state index contributed by atoms with van der Waals surface area (Å²) in [6.45, 7) is 5.78. The molecule has 1 atom stereocenters. The topological polar surface area (TPSA) is 36.9 Å². The first-order valence-corrected chi connectivity index (χ1v) is 6.22. The molecule has 18 heavy (non-hydrogen) atoms. The van der Waals surface area contributed by atoms with Gasteiger partial charge in [0.25, 0.3) is 0 Å². The standard InChI is InChI=1S/C14H20O4/c1-10(2)14(16-7-6-15-3)11-4-5-12-13(8-11)18-9-17-12/h4-5,8,10,14H,6-7,9H2,1-3H3. The Labute approximate surface area is 108 Å². The third kappa shape index (κ3) is 2.94. The lowest BCUT2D eigenvalue weighted by atomic mass is 9.98. The van der Waals surface area contributed by atoms with Crippen LogP contribution in [-0.4, -0.2) is 27.1 Å². The van der Waals surface area contributed by atoms with Crippen molar-refractivity contribution >= 4 is 0 Å². The van der Waals surface area contributed by atoms with Gasteiger partial charge in [0.2, 0.25) is 6.79 Å². The van der Waals surface area contributed by atoms with E-state index in [1.807, 2.05) is 18.2 Å². The number of fused-ring (bicyclic) bond motifs is 1. The molecule has 4 nitrogen and oxygen atoms in total. The SMILES string of the molecule is COCCOC(c1ccc2c(c1)OCO2)C(C)C. The van der Waals surface area contributed by atoms with Gasteiger partial charge in [0.05, 0.1) is 19.3 Å². The molecule has 4 heteroatoms. The van der Waals surface area contributed by atoms with Crippen molar-refractivity contribution in [1.82, 2.24) is 0 Å². The van der Waals surface area contributed by atoms with Crippen LogP contribution in [0, 0.1) is 5.92 Å². The van der Waals surface area contributed by atoms with Gasteiger partial charge in [0.15, 0.2) is 11.5 Å². The van der Waals surface area contributed by atoms with Gasteiger partial charge < -0.3 is 18.9 Å². The minimum absolute atomic E-state index is 0.0506. The molecule has 0 aromatic heterocycles. The first-order valence-electron chi connectivity index (χ1n) is 6.22. The lowest BCUT2D eigenvalue weighted by molar-refractivity contribution is -0.00703. The highest BCUT2D eigenvalue weighted by Crippen LogP contribution is 2.36. The first-order chi connectivity index (χ1) is 8.72. The van der Waals surface area contributed by atoms with Crippen molar-refractivity contribution < 1.29 is 18.9 Å². The molecule has 100 valence electrons. The summed E-state index contributed by atoms with van der Waals surface area (Å²) >= 11 is 0. The molecule has 0 saturated carbocycles. The fraction of sp³-hybridized carbons (Fsp3) is 0.571. The molecule has 1 heterocycles. The Hall–Kier alpha value is -1.26. The molecule has 2 rings (SSSR count). The van der Waals surface area contributed by atoms with E-state index in [0.717, 1.165) is 17.1 Å². The van der Waals surface area contributed by atoms with E-state index in [1.165, 1.54) is 0 Å². The summed E-state index contributed by atoms with van der Waals surface area (Å²) in [6, 6.07) is 5.97. The molecule has 1 aromatic carbocycles. The summed E-state index contributed by atoms with van der Waals surface area (Å²) in [5.74, 6) is 1.99. The third-order valence-corrected chi connectivity index (χ3v) is 2.92. The minimum Gasteiger partial charge on any atom is -0.454 e. The Morgan fingerprint density at radius 2 is 1.94 bits per heavy atom. The van der Waals surface area contributed by atoms with Crippen LogP contribution in [0.5, 0.6) is 11.5 Å². The zero-order valence-electron chi connectivity index (χ0n) is 11.1. The van der Waals surface area contributed by atoms with Crippen LogP contribution in [0.2, 0.25) is 0 Å². The lowest BCUT2D eigenvalue weighted by Gasteiger charge is -2.22. The van der Waals surface area contributed by atoms with E-state index in [2.05, 4.69) is 13.8 Å². The van der Waals surface area contributed by atoms with Gasteiger partial charge in [-0.05, 0) is 23.6 Å². The second kappa shape index (κ2) is 6.07. The highest BCUT2D eigenvalue weighted by atomic mass is 16.7. The Morgan fingerprint density at radius 3 is 2.67 bits per heavy atom. The molecule has 0 aliphatic carbocycles. The molecule has 0 fully saturated rings. The Morgan fingerprint density at radius 1 is 1.17 bits per heavy atom. The number of rotatable bonds is 6. The van der Waals surface area contributed by atoms with Crippen LogP contribution in [0.3, 0.4) is 0 Å². The van der Waals surface area contributed by atoms with Gasteiger partial charge in [-0.15, -0.1) is 0 Å². The van der Waals surface area contributed by atoms with Crippen molar-refractivity contribution in [3.63, 3.8) is 0 Å².